The minimum Gasteiger partial charge on any atom is -0.371 e. The molecule has 2 heterocycles. The molecule has 2 saturated heterocycles. The van der Waals surface area contributed by atoms with Crippen LogP contribution in [0.25, 0.3) is 0 Å². The molecule has 0 spiro atoms. The van der Waals surface area contributed by atoms with E-state index in [0.717, 1.165) is 0 Å². The molecule has 28 heavy (non-hydrogen) atoms. The summed E-state index contributed by atoms with van der Waals surface area (Å²) in [7, 11) is 0. The van der Waals surface area contributed by atoms with E-state index in [1.807, 2.05) is 0 Å². The largest absolute Gasteiger partial charge is 0.371 e. The van der Waals surface area contributed by atoms with Gasteiger partial charge in [0.25, 0.3) is 0 Å². The van der Waals surface area contributed by atoms with Crippen LogP contribution in [0.2, 0.25) is 20.1 Å². The van der Waals surface area contributed by atoms with E-state index < -0.39 is 0 Å². The van der Waals surface area contributed by atoms with Crippen molar-refractivity contribution >= 4 is 58.8 Å². The van der Waals surface area contributed by atoms with Gasteiger partial charge in [-0.15, -0.1) is 0 Å². The first kappa shape index (κ1) is 20.1. The molecule has 8 heteroatoms. The van der Waals surface area contributed by atoms with Crippen LogP contribution < -0.4 is 0 Å². The van der Waals surface area contributed by atoms with Crippen molar-refractivity contribution < 1.29 is 9.47 Å². The fraction of sp³-hybridized carbons (Fsp3) is 0.300. The van der Waals surface area contributed by atoms with Crippen molar-refractivity contribution in [2.75, 3.05) is 13.2 Å². The van der Waals surface area contributed by atoms with Gasteiger partial charge in [-0.3, -0.25) is 9.98 Å². The maximum Gasteiger partial charge on any atom is 0.110 e. The highest BCUT2D eigenvalue weighted by Crippen LogP contribution is 2.32. The van der Waals surface area contributed by atoms with Gasteiger partial charge in [-0.1, -0.05) is 58.5 Å². The highest BCUT2D eigenvalue weighted by molar-refractivity contribution is 6.39. The minimum atomic E-state index is -0.165. The summed E-state index contributed by atoms with van der Waals surface area (Å²) in [5.74, 6) is 0. The van der Waals surface area contributed by atoms with Crippen molar-refractivity contribution in [3.63, 3.8) is 0 Å². The van der Waals surface area contributed by atoms with Crippen molar-refractivity contribution in [1.82, 2.24) is 0 Å². The second-order valence-electron chi connectivity index (χ2n) is 6.56. The molecule has 4 rings (SSSR count). The van der Waals surface area contributed by atoms with Crippen LogP contribution >= 0.6 is 46.4 Å². The smallest absolute Gasteiger partial charge is 0.110 e. The molecule has 0 aromatic heterocycles. The third kappa shape index (κ3) is 4.09. The zero-order valence-electron chi connectivity index (χ0n) is 14.6. The lowest BCUT2D eigenvalue weighted by molar-refractivity contribution is 0.0694. The average molecular weight is 458 g/mol. The Morgan fingerprint density at radius 2 is 1.04 bits per heavy atom. The van der Waals surface area contributed by atoms with Gasteiger partial charge in [0.1, 0.15) is 24.3 Å². The van der Waals surface area contributed by atoms with Gasteiger partial charge in [-0.2, -0.15) is 0 Å². The third-order valence-corrected chi connectivity index (χ3v) is 6.11. The molecule has 4 nitrogen and oxygen atoms in total. The lowest BCUT2D eigenvalue weighted by Crippen LogP contribution is -2.30. The van der Waals surface area contributed by atoms with Crippen molar-refractivity contribution in [2.24, 2.45) is 9.98 Å². The average Bonchev–Trinajstić information content (AvgIpc) is 3.24. The predicted molar refractivity (Wildman–Crippen MR) is 115 cm³/mol. The topological polar surface area (TPSA) is 43.2 Å². The lowest BCUT2D eigenvalue weighted by atomic mass is 10.1. The van der Waals surface area contributed by atoms with Crippen molar-refractivity contribution in [3.05, 3.63) is 67.6 Å². The first-order valence-corrected chi connectivity index (χ1v) is 10.2. The second-order valence-corrected chi connectivity index (χ2v) is 8.19. The van der Waals surface area contributed by atoms with E-state index in [9.17, 15) is 0 Å². The summed E-state index contributed by atoms with van der Waals surface area (Å²) in [6, 6.07) is 10.4. The van der Waals surface area contributed by atoms with Crippen LogP contribution in [0.15, 0.2) is 46.4 Å². The third-order valence-electron chi connectivity index (χ3n) is 4.79. The fourth-order valence-electron chi connectivity index (χ4n) is 3.32. The van der Waals surface area contributed by atoms with Crippen molar-refractivity contribution in [2.45, 2.75) is 24.3 Å². The quantitative estimate of drug-likeness (QED) is 0.579. The molecule has 0 aliphatic carbocycles. The van der Waals surface area contributed by atoms with Crippen LogP contribution in [0, 0.1) is 0 Å². The molecule has 2 aliphatic rings. The zero-order valence-corrected chi connectivity index (χ0v) is 17.6. The Kier molecular flexibility index (Phi) is 6.26. The molecule has 0 bridgehead atoms. The molecule has 0 N–H and O–H groups in total. The number of fused-ring (bicyclic) bond motifs is 1. The summed E-state index contributed by atoms with van der Waals surface area (Å²) in [6.45, 7) is 0.902. The Balaban J connectivity index is 1.46. The van der Waals surface area contributed by atoms with Crippen molar-refractivity contribution in [1.29, 1.82) is 0 Å². The van der Waals surface area contributed by atoms with E-state index in [0.29, 0.717) is 44.4 Å². The summed E-state index contributed by atoms with van der Waals surface area (Å²) in [6.07, 6.45) is 3.04. The van der Waals surface area contributed by atoms with Gasteiger partial charge in [0.2, 0.25) is 0 Å². The lowest BCUT2D eigenvalue weighted by Gasteiger charge is -2.12. The van der Waals surface area contributed by atoms with Crippen LogP contribution in [0.1, 0.15) is 11.1 Å². The van der Waals surface area contributed by atoms with Gasteiger partial charge >= 0.3 is 0 Å². The number of ether oxygens (including phenoxy) is 2. The molecule has 0 radical (unpaired) electrons. The Morgan fingerprint density at radius 3 is 1.39 bits per heavy atom. The van der Waals surface area contributed by atoms with Crippen LogP contribution in [0.4, 0.5) is 0 Å². The van der Waals surface area contributed by atoms with Gasteiger partial charge in [-0.25, -0.2) is 0 Å². The number of nitrogens with zero attached hydrogens (tertiary/aromatic N) is 2. The molecular formula is C20H16Cl4N2O2. The van der Waals surface area contributed by atoms with Crippen LogP contribution in [-0.4, -0.2) is 49.9 Å². The first-order valence-electron chi connectivity index (χ1n) is 8.72. The number of hydrogen-bond donors (Lipinski definition) is 0. The van der Waals surface area contributed by atoms with E-state index >= 15 is 0 Å². The predicted octanol–water partition coefficient (Wildman–Crippen LogP) is 5.37. The van der Waals surface area contributed by atoms with E-state index in [-0.39, 0.29) is 24.3 Å². The number of halogens is 4. The first-order chi connectivity index (χ1) is 13.5. The highest BCUT2D eigenvalue weighted by Gasteiger charge is 2.47. The minimum absolute atomic E-state index is 0.138. The van der Waals surface area contributed by atoms with Crippen LogP contribution in [0.5, 0.6) is 0 Å². The Bertz CT molecular complexity index is 818. The Hall–Kier alpha value is -1.14. The summed E-state index contributed by atoms with van der Waals surface area (Å²) < 4.78 is 11.8. The number of hydrogen-bond acceptors (Lipinski definition) is 4. The summed E-state index contributed by atoms with van der Waals surface area (Å²) in [5, 5.41) is 2.22. The van der Waals surface area contributed by atoms with Gasteiger partial charge in [0.05, 0.1) is 33.3 Å². The Labute approximate surface area is 183 Å². The maximum absolute atomic E-state index is 6.20. The van der Waals surface area contributed by atoms with E-state index in [2.05, 4.69) is 9.98 Å². The Morgan fingerprint density at radius 1 is 0.679 bits per heavy atom. The van der Waals surface area contributed by atoms with Gasteiger partial charge in [-0.05, 0) is 24.3 Å². The molecular weight excluding hydrogens is 442 g/mol. The van der Waals surface area contributed by atoms with E-state index in [1.165, 1.54) is 0 Å². The SMILES string of the molecule is Clc1cccc(Cl)c1C=N[C@H]1CO[C@H]2[C@@H]1OC[C@@H]2N=Cc1c(Cl)cccc1Cl. The van der Waals surface area contributed by atoms with Gasteiger partial charge in [0, 0.05) is 23.6 Å². The summed E-state index contributed by atoms with van der Waals surface area (Å²) >= 11 is 24.8. The second kappa shape index (κ2) is 8.70. The summed E-state index contributed by atoms with van der Waals surface area (Å²) in [4.78, 5) is 9.20. The number of benzene rings is 2. The molecule has 2 aromatic rings. The van der Waals surface area contributed by atoms with Crippen molar-refractivity contribution in [3.8, 4) is 0 Å². The standard InChI is InChI=1S/C20H16Cl4N2O2/c21-13-3-1-4-14(22)11(13)7-25-17-9-27-20-18(10-28-19(17)20)26-8-12-15(23)5-2-6-16(12)24/h1-8,17-20H,9-10H2/t17-,18-,19+,20+/m0/s1. The molecule has 0 unspecified atom stereocenters. The zero-order chi connectivity index (χ0) is 19.7. The number of aliphatic imine (C=N–C) groups is 2. The molecule has 2 fully saturated rings. The van der Waals surface area contributed by atoms with Crippen LogP contribution in [-0.2, 0) is 9.47 Å². The van der Waals surface area contributed by atoms with E-state index in [4.69, 9.17) is 55.9 Å². The summed E-state index contributed by atoms with van der Waals surface area (Å²) in [5.41, 5.74) is 1.38. The fourth-order valence-corrected chi connectivity index (χ4v) is 4.31. The maximum atomic E-state index is 6.20. The normalized spacial score (nSPS) is 27.1. The van der Waals surface area contributed by atoms with Gasteiger partial charge in [0.15, 0.2) is 0 Å². The molecule has 0 saturated carbocycles. The van der Waals surface area contributed by atoms with Crippen LogP contribution in [0.3, 0.4) is 0 Å². The monoisotopic (exact) mass is 456 g/mol. The number of rotatable bonds is 4. The molecule has 2 aromatic carbocycles. The molecule has 0 amide bonds. The molecule has 146 valence electrons. The highest BCUT2D eigenvalue weighted by atomic mass is 35.5. The van der Waals surface area contributed by atoms with Gasteiger partial charge < -0.3 is 9.47 Å². The van der Waals surface area contributed by atoms with E-state index in [1.54, 1.807) is 48.8 Å². The molecule has 4 atom stereocenters. The molecule has 2 aliphatic heterocycles.